The van der Waals surface area contributed by atoms with Crippen molar-refractivity contribution >= 4 is 5.97 Å². The molecule has 0 bridgehead atoms. The Morgan fingerprint density at radius 3 is 2.46 bits per heavy atom. The van der Waals surface area contributed by atoms with Crippen LogP contribution in [0.1, 0.15) is 13.3 Å². The Hall–Kier alpha value is -1.35. The quantitative estimate of drug-likeness (QED) is 0.303. The van der Waals surface area contributed by atoms with Crippen molar-refractivity contribution in [3.63, 3.8) is 0 Å². The molecule has 0 amide bonds. The molecule has 0 aliphatic carbocycles. The molecule has 0 saturated heterocycles. The van der Waals surface area contributed by atoms with Crippen molar-refractivity contribution in [2.45, 2.75) is 19.1 Å². The zero-order valence-corrected chi connectivity index (χ0v) is 7.88. The topological polar surface area (TPSA) is 52.3 Å². The standard InChI is InChI=1S/C10H15NO2/c1-5-7-10(11,6-2)13-9(12)8(3)4/h5-6H,1-3,7,11H2,4H3. The third kappa shape index (κ3) is 3.71. The lowest BCUT2D eigenvalue weighted by Crippen LogP contribution is -2.42. The molecular formula is C10H15NO2. The van der Waals surface area contributed by atoms with Crippen LogP contribution < -0.4 is 5.73 Å². The van der Waals surface area contributed by atoms with Gasteiger partial charge in [-0.2, -0.15) is 0 Å². The summed E-state index contributed by atoms with van der Waals surface area (Å²) < 4.78 is 4.94. The normalized spacial score (nSPS) is 14.0. The highest BCUT2D eigenvalue weighted by Gasteiger charge is 2.24. The summed E-state index contributed by atoms with van der Waals surface area (Å²) in [5.74, 6) is -0.524. The molecule has 0 spiro atoms. The number of esters is 1. The molecule has 3 nitrogen and oxygen atoms in total. The van der Waals surface area contributed by atoms with Crippen molar-refractivity contribution in [3.8, 4) is 0 Å². The minimum absolute atomic E-state index is 0.306. The number of hydrogen-bond acceptors (Lipinski definition) is 3. The Balaban J connectivity index is 4.43. The van der Waals surface area contributed by atoms with Gasteiger partial charge in [0.1, 0.15) is 0 Å². The molecule has 0 saturated carbocycles. The zero-order valence-electron chi connectivity index (χ0n) is 7.88. The molecule has 0 aromatic heterocycles. The van der Waals surface area contributed by atoms with Gasteiger partial charge in [-0.15, -0.1) is 6.58 Å². The van der Waals surface area contributed by atoms with Crippen molar-refractivity contribution in [2.24, 2.45) is 5.73 Å². The maximum absolute atomic E-state index is 11.1. The summed E-state index contributed by atoms with van der Waals surface area (Å²) in [4.78, 5) is 11.1. The second-order valence-electron chi connectivity index (χ2n) is 2.82. The van der Waals surface area contributed by atoms with Gasteiger partial charge in [-0.05, 0) is 13.0 Å². The molecule has 0 aromatic rings. The molecule has 1 unspecified atom stereocenters. The molecular weight excluding hydrogens is 166 g/mol. The molecule has 1 atom stereocenters. The largest absolute Gasteiger partial charge is 0.437 e. The molecule has 3 heteroatoms. The molecule has 0 aliphatic heterocycles. The van der Waals surface area contributed by atoms with E-state index in [4.69, 9.17) is 10.5 Å². The van der Waals surface area contributed by atoms with Crippen LogP contribution in [0.25, 0.3) is 0 Å². The van der Waals surface area contributed by atoms with Gasteiger partial charge in [0.05, 0.1) is 0 Å². The average Bonchev–Trinajstić information content (AvgIpc) is 2.04. The van der Waals surface area contributed by atoms with Crippen LogP contribution in [0.2, 0.25) is 0 Å². The number of carbonyl (C=O) groups is 1. The number of rotatable bonds is 5. The number of nitrogens with two attached hydrogens (primary N) is 1. The van der Waals surface area contributed by atoms with Gasteiger partial charge in [0, 0.05) is 12.0 Å². The summed E-state index contributed by atoms with van der Waals surface area (Å²) in [6.45, 7) is 12.0. The van der Waals surface area contributed by atoms with E-state index in [1.165, 1.54) is 6.08 Å². The van der Waals surface area contributed by atoms with Gasteiger partial charge in [0.2, 0.25) is 0 Å². The Morgan fingerprint density at radius 1 is 1.62 bits per heavy atom. The van der Waals surface area contributed by atoms with Crippen LogP contribution in [-0.2, 0) is 9.53 Å². The summed E-state index contributed by atoms with van der Waals surface area (Å²) >= 11 is 0. The predicted octanol–water partition coefficient (Wildman–Crippen LogP) is 1.52. The second kappa shape index (κ2) is 4.62. The van der Waals surface area contributed by atoms with Gasteiger partial charge in [-0.25, -0.2) is 4.79 Å². The van der Waals surface area contributed by atoms with Crippen molar-refractivity contribution in [2.75, 3.05) is 0 Å². The third-order valence-corrected chi connectivity index (χ3v) is 1.44. The van der Waals surface area contributed by atoms with E-state index >= 15 is 0 Å². The summed E-state index contributed by atoms with van der Waals surface area (Å²) in [5.41, 5.74) is 4.81. The Kier molecular flexibility index (Phi) is 4.14. The monoisotopic (exact) mass is 181 g/mol. The molecule has 13 heavy (non-hydrogen) atoms. The summed E-state index contributed by atoms with van der Waals surface area (Å²) in [6, 6.07) is 0. The molecule has 0 rings (SSSR count). The SMILES string of the molecule is C=CCC(N)(C=C)OC(=O)C(=C)C. The summed E-state index contributed by atoms with van der Waals surface area (Å²) in [5, 5.41) is 0. The maximum Gasteiger partial charge on any atom is 0.335 e. The lowest BCUT2D eigenvalue weighted by atomic mass is 10.1. The lowest BCUT2D eigenvalue weighted by Gasteiger charge is -2.24. The first kappa shape index (κ1) is 11.6. The number of carbonyl (C=O) groups excluding carboxylic acids is 1. The van der Waals surface area contributed by atoms with Crippen LogP contribution in [-0.4, -0.2) is 11.7 Å². The van der Waals surface area contributed by atoms with E-state index in [0.29, 0.717) is 12.0 Å². The molecule has 0 fully saturated rings. The van der Waals surface area contributed by atoms with Crippen molar-refractivity contribution in [3.05, 3.63) is 37.5 Å². The lowest BCUT2D eigenvalue weighted by molar-refractivity contribution is -0.149. The van der Waals surface area contributed by atoms with Crippen molar-refractivity contribution < 1.29 is 9.53 Å². The van der Waals surface area contributed by atoms with Crippen LogP contribution >= 0.6 is 0 Å². The molecule has 0 aliphatic rings. The van der Waals surface area contributed by atoms with Crippen LogP contribution in [0, 0.1) is 0 Å². The van der Waals surface area contributed by atoms with Gasteiger partial charge < -0.3 is 4.74 Å². The van der Waals surface area contributed by atoms with Crippen LogP contribution in [0.15, 0.2) is 37.5 Å². The number of hydrogen-bond donors (Lipinski definition) is 1. The average molecular weight is 181 g/mol. The fourth-order valence-electron chi connectivity index (χ4n) is 0.652. The predicted molar refractivity (Wildman–Crippen MR) is 52.8 cm³/mol. The smallest absolute Gasteiger partial charge is 0.335 e. The summed E-state index contributed by atoms with van der Waals surface area (Å²) in [7, 11) is 0. The highest BCUT2D eigenvalue weighted by Crippen LogP contribution is 2.12. The number of ether oxygens (including phenoxy) is 1. The third-order valence-electron chi connectivity index (χ3n) is 1.44. The fraction of sp³-hybridized carbons (Fsp3) is 0.300. The van der Waals surface area contributed by atoms with Gasteiger partial charge in [-0.1, -0.05) is 19.2 Å². The summed E-state index contributed by atoms with van der Waals surface area (Å²) in [6.07, 6.45) is 3.26. The van der Waals surface area contributed by atoms with E-state index in [2.05, 4.69) is 19.7 Å². The van der Waals surface area contributed by atoms with Crippen molar-refractivity contribution in [1.29, 1.82) is 0 Å². The van der Waals surface area contributed by atoms with Gasteiger partial charge in [0.15, 0.2) is 5.72 Å². The van der Waals surface area contributed by atoms with Crippen LogP contribution in [0.3, 0.4) is 0 Å². The second-order valence-corrected chi connectivity index (χ2v) is 2.82. The Morgan fingerprint density at radius 2 is 2.15 bits per heavy atom. The van der Waals surface area contributed by atoms with Crippen LogP contribution in [0.4, 0.5) is 0 Å². The highest BCUT2D eigenvalue weighted by atomic mass is 16.6. The first-order valence-corrected chi connectivity index (χ1v) is 3.87. The van der Waals surface area contributed by atoms with E-state index < -0.39 is 11.7 Å². The molecule has 72 valence electrons. The fourth-order valence-corrected chi connectivity index (χ4v) is 0.652. The Labute approximate surface area is 78.6 Å². The molecule has 0 heterocycles. The van der Waals surface area contributed by atoms with E-state index in [1.807, 2.05) is 0 Å². The van der Waals surface area contributed by atoms with E-state index in [9.17, 15) is 4.79 Å². The molecule has 0 radical (unpaired) electrons. The minimum atomic E-state index is -1.17. The van der Waals surface area contributed by atoms with Crippen molar-refractivity contribution in [1.82, 2.24) is 0 Å². The first-order valence-electron chi connectivity index (χ1n) is 3.87. The molecule has 2 N–H and O–H groups in total. The maximum atomic E-state index is 11.1. The van der Waals surface area contributed by atoms with E-state index in [0.717, 1.165) is 0 Å². The van der Waals surface area contributed by atoms with E-state index in [-0.39, 0.29) is 0 Å². The van der Waals surface area contributed by atoms with Gasteiger partial charge in [-0.3, -0.25) is 5.73 Å². The van der Waals surface area contributed by atoms with Gasteiger partial charge >= 0.3 is 5.97 Å². The zero-order chi connectivity index (χ0) is 10.5. The molecule has 0 aromatic carbocycles. The van der Waals surface area contributed by atoms with E-state index in [1.54, 1.807) is 13.0 Å². The Bertz CT molecular complexity index is 245. The highest BCUT2D eigenvalue weighted by molar-refractivity contribution is 5.87. The van der Waals surface area contributed by atoms with Gasteiger partial charge in [0.25, 0.3) is 0 Å². The first-order chi connectivity index (χ1) is 5.95. The minimum Gasteiger partial charge on any atom is -0.437 e. The van der Waals surface area contributed by atoms with Crippen LogP contribution in [0.5, 0.6) is 0 Å².